The number of fused-ring (bicyclic) bond motifs is 1. The number of esters is 1. The van der Waals surface area contributed by atoms with E-state index in [0.29, 0.717) is 6.41 Å². The van der Waals surface area contributed by atoms with Crippen LogP contribution in [0.25, 0.3) is 0 Å². The van der Waals surface area contributed by atoms with Gasteiger partial charge in [0.25, 0.3) is 5.91 Å². The Morgan fingerprint density at radius 2 is 1.89 bits per heavy atom. The third-order valence-electron chi connectivity index (χ3n) is 5.23. The zero-order valence-electron chi connectivity index (χ0n) is 21.6. The summed E-state index contributed by atoms with van der Waals surface area (Å²) in [6, 6.07) is -1.87. The lowest BCUT2D eigenvalue weighted by atomic mass is 10.0. The quantitative estimate of drug-likeness (QED) is 0.109. The van der Waals surface area contributed by atoms with E-state index in [-0.39, 0.29) is 42.0 Å². The highest BCUT2D eigenvalue weighted by molar-refractivity contribution is 8.02. The number of nitrogens with zero attached hydrogens (tertiary/aromatic N) is 3. The predicted octanol–water partition coefficient (Wildman–Crippen LogP) is 1.11. The van der Waals surface area contributed by atoms with E-state index in [0.717, 1.165) is 11.3 Å². The number of anilines is 1. The van der Waals surface area contributed by atoms with Crippen molar-refractivity contribution in [3.05, 3.63) is 22.6 Å². The fraction of sp³-hybridized carbons (Fsp3) is 0.565. The van der Waals surface area contributed by atoms with E-state index < -0.39 is 41.3 Å². The molecule has 0 spiro atoms. The first-order chi connectivity index (χ1) is 18.2. The molecule has 2 N–H and O–H groups in total. The summed E-state index contributed by atoms with van der Waals surface area (Å²) < 4.78 is 16.9. The Bertz CT molecular complexity index is 1060. The van der Waals surface area contributed by atoms with Gasteiger partial charge in [0.1, 0.15) is 36.4 Å². The van der Waals surface area contributed by atoms with E-state index >= 15 is 0 Å². The van der Waals surface area contributed by atoms with Crippen molar-refractivity contribution in [2.24, 2.45) is 5.16 Å². The molecule has 3 heterocycles. The Morgan fingerprint density at radius 1 is 1.21 bits per heavy atom. The number of thioether (sulfide) groups is 1. The number of carbonyl (C=O) groups is 4. The lowest BCUT2D eigenvalue weighted by Gasteiger charge is -2.50. The molecule has 38 heavy (non-hydrogen) atoms. The van der Waals surface area contributed by atoms with Crippen LogP contribution in [0.15, 0.2) is 22.0 Å². The van der Waals surface area contributed by atoms with E-state index in [9.17, 15) is 19.2 Å². The Kier molecular flexibility index (Phi) is 10.6. The molecule has 3 atom stereocenters. The molecule has 0 bridgehead atoms. The van der Waals surface area contributed by atoms with Gasteiger partial charge in [-0.15, -0.1) is 23.1 Å². The number of amides is 3. The van der Waals surface area contributed by atoms with Crippen LogP contribution in [0.2, 0.25) is 0 Å². The lowest BCUT2D eigenvalue weighted by molar-refractivity contribution is -0.171. The average Bonchev–Trinajstić information content (AvgIpc) is 3.34. The molecule has 3 rings (SSSR count). The molecular weight excluding hydrogens is 538 g/mol. The Labute approximate surface area is 228 Å². The van der Waals surface area contributed by atoms with Gasteiger partial charge in [0.15, 0.2) is 10.8 Å². The number of ether oxygens (including phenoxy) is 3. The molecule has 0 aromatic carbocycles. The minimum Gasteiger partial charge on any atom is -0.456 e. The van der Waals surface area contributed by atoms with Crippen LogP contribution in [0.3, 0.4) is 0 Å². The van der Waals surface area contributed by atoms with Crippen LogP contribution in [0.4, 0.5) is 5.13 Å². The second-order valence-electron chi connectivity index (χ2n) is 8.74. The molecular formula is C23H31N5O8S2. The van der Waals surface area contributed by atoms with Crippen LogP contribution in [0.5, 0.6) is 0 Å². The van der Waals surface area contributed by atoms with Gasteiger partial charge in [0, 0.05) is 5.38 Å². The number of β-lactam (4-membered cyclic amide) rings is 1. The van der Waals surface area contributed by atoms with Crippen LogP contribution in [0.1, 0.15) is 33.4 Å². The molecule has 2 aliphatic heterocycles. The number of hydrogen-bond donors (Lipinski definition) is 2. The lowest BCUT2D eigenvalue weighted by Crippen LogP contribution is -2.73. The normalized spacial score (nSPS) is 20.8. The van der Waals surface area contributed by atoms with Crippen LogP contribution < -0.4 is 10.6 Å². The smallest absolute Gasteiger partial charge is 0.333 e. The summed E-state index contributed by atoms with van der Waals surface area (Å²) in [5, 5.41) is 11.7. The zero-order valence-corrected chi connectivity index (χ0v) is 23.2. The van der Waals surface area contributed by atoms with Crippen molar-refractivity contribution < 1.29 is 38.2 Å². The molecule has 1 aromatic rings. The third-order valence-corrected chi connectivity index (χ3v) is 7.09. The van der Waals surface area contributed by atoms with Gasteiger partial charge in [-0.25, -0.2) is 9.78 Å². The molecule has 0 saturated carbocycles. The number of thiazole rings is 1. The first-order valence-electron chi connectivity index (χ1n) is 11.8. The largest absolute Gasteiger partial charge is 0.456 e. The minimum atomic E-state index is -0.954. The summed E-state index contributed by atoms with van der Waals surface area (Å²) >= 11 is 2.38. The minimum absolute atomic E-state index is 0.0596. The maximum absolute atomic E-state index is 13.0. The number of carbonyl (C=O) groups excluding carboxylic acids is 4. The van der Waals surface area contributed by atoms with E-state index in [1.165, 1.54) is 29.2 Å². The molecule has 2 aliphatic rings. The first-order valence-corrected chi connectivity index (χ1v) is 13.6. The highest BCUT2D eigenvalue weighted by atomic mass is 32.2. The van der Waals surface area contributed by atoms with Crippen molar-refractivity contribution in [1.82, 2.24) is 15.2 Å². The topological polar surface area (TPSA) is 158 Å². The number of oxime groups is 1. The van der Waals surface area contributed by atoms with Crippen molar-refractivity contribution in [3.63, 3.8) is 0 Å². The monoisotopic (exact) mass is 569 g/mol. The van der Waals surface area contributed by atoms with Crippen LogP contribution in [-0.2, 0) is 38.2 Å². The summed E-state index contributed by atoms with van der Waals surface area (Å²) in [4.78, 5) is 60.0. The van der Waals surface area contributed by atoms with Gasteiger partial charge < -0.3 is 34.6 Å². The maximum Gasteiger partial charge on any atom is 0.333 e. The molecule has 15 heteroatoms. The van der Waals surface area contributed by atoms with E-state index in [2.05, 4.69) is 20.8 Å². The molecule has 1 fully saturated rings. The fourth-order valence-electron chi connectivity index (χ4n) is 3.50. The Hall–Kier alpha value is -3.01. The SMILES string of the molecule is CON=C(C(=O)NC1C(=O)N2C(C(=O)OC(COC(C)C)COC(C)C)C=CS[C@@H]12)c1csc(NC=O)n1. The molecule has 13 nitrogen and oxygen atoms in total. The molecule has 208 valence electrons. The molecule has 3 amide bonds. The zero-order chi connectivity index (χ0) is 27.8. The van der Waals surface area contributed by atoms with Crippen LogP contribution >= 0.6 is 23.1 Å². The molecule has 0 radical (unpaired) electrons. The summed E-state index contributed by atoms with van der Waals surface area (Å²) in [6.45, 7) is 7.80. The number of rotatable bonds is 14. The average molecular weight is 570 g/mol. The van der Waals surface area contributed by atoms with E-state index in [1.54, 1.807) is 11.5 Å². The Balaban J connectivity index is 1.66. The van der Waals surface area contributed by atoms with Gasteiger partial charge in [-0.05, 0) is 39.2 Å². The second-order valence-corrected chi connectivity index (χ2v) is 10.6. The number of hydrogen-bond acceptors (Lipinski definition) is 12. The molecule has 0 aliphatic carbocycles. The standard InChI is InChI=1S/C23H31N5O8S2/c1-12(2)34-8-14(9-35-13(3)4)36-22(32)16-6-7-37-21-18(20(31)28(16)21)26-19(30)17(27-33-5)15-10-38-23(25-15)24-11-29/h6-7,10-14,16,18,21H,8-9H2,1-5H3,(H,26,30)(H,24,25,29)/t16?,18?,21-/m0/s1. The summed E-state index contributed by atoms with van der Waals surface area (Å²) in [6.07, 6.45) is 1.28. The van der Waals surface area contributed by atoms with E-state index in [1.807, 2.05) is 27.7 Å². The first kappa shape index (κ1) is 29.5. The predicted molar refractivity (Wildman–Crippen MR) is 140 cm³/mol. The van der Waals surface area contributed by atoms with Gasteiger partial charge >= 0.3 is 5.97 Å². The van der Waals surface area contributed by atoms with Gasteiger partial charge in [0.2, 0.25) is 12.3 Å². The highest BCUT2D eigenvalue weighted by Gasteiger charge is 2.54. The van der Waals surface area contributed by atoms with Crippen LogP contribution in [0, 0.1) is 0 Å². The van der Waals surface area contributed by atoms with Gasteiger partial charge in [-0.2, -0.15) is 0 Å². The Morgan fingerprint density at radius 3 is 2.50 bits per heavy atom. The number of aromatic nitrogens is 1. The van der Waals surface area contributed by atoms with E-state index in [4.69, 9.17) is 19.0 Å². The van der Waals surface area contributed by atoms with Gasteiger partial charge in [-0.3, -0.25) is 14.4 Å². The van der Waals surface area contributed by atoms with Gasteiger partial charge in [0.05, 0.1) is 25.4 Å². The van der Waals surface area contributed by atoms with Crippen LogP contribution in [-0.4, -0.2) is 95.9 Å². The van der Waals surface area contributed by atoms with Gasteiger partial charge in [-0.1, -0.05) is 5.16 Å². The van der Waals surface area contributed by atoms with Crippen molar-refractivity contribution in [3.8, 4) is 0 Å². The number of nitrogens with one attached hydrogen (secondary N) is 2. The van der Waals surface area contributed by atoms with Crippen molar-refractivity contribution in [1.29, 1.82) is 0 Å². The summed E-state index contributed by atoms with van der Waals surface area (Å²) in [5.74, 6) is -1.76. The third kappa shape index (κ3) is 7.30. The molecule has 1 saturated heterocycles. The van der Waals surface area contributed by atoms with Crippen molar-refractivity contribution in [2.75, 3.05) is 25.6 Å². The fourth-order valence-corrected chi connectivity index (χ4v) is 5.26. The second kappa shape index (κ2) is 13.7. The summed E-state index contributed by atoms with van der Waals surface area (Å²) in [7, 11) is 1.27. The summed E-state index contributed by atoms with van der Waals surface area (Å²) in [5.41, 5.74) is -0.00217. The molecule has 1 aromatic heterocycles. The maximum atomic E-state index is 13.0. The molecule has 2 unspecified atom stereocenters. The highest BCUT2D eigenvalue weighted by Crippen LogP contribution is 2.37. The van der Waals surface area contributed by atoms with Crippen molar-refractivity contribution in [2.45, 2.75) is 63.5 Å². The van der Waals surface area contributed by atoms with Crippen molar-refractivity contribution >= 4 is 58.1 Å².